The van der Waals surface area contributed by atoms with Crippen molar-refractivity contribution in [1.29, 1.82) is 0 Å². The van der Waals surface area contributed by atoms with Crippen LogP contribution >= 0.6 is 0 Å². The lowest BCUT2D eigenvalue weighted by atomic mass is 10.1. The molecule has 2 aliphatic rings. The third kappa shape index (κ3) is 5.26. The van der Waals surface area contributed by atoms with Crippen LogP contribution in [0, 0.1) is 0 Å². The smallest absolute Gasteiger partial charge is 0.356 e. The fourth-order valence-corrected chi connectivity index (χ4v) is 4.38. The molecule has 0 aromatic heterocycles. The Morgan fingerprint density at radius 3 is 1.26 bits per heavy atom. The van der Waals surface area contributed by atoms with E-state index in [1.807, 2.05) is 88.4 Å². The highest BCUT2D eigenvalue weighted by Crippen LogP contribution is 2.44. The molecule has 0 spiro atoms. The van der Waals surface area contributed by atoms with Crippen LogP contribution in [0.5, 0.6) is 0 Å². The third-order valence-electron chi connectivity index (χ3n) is 5.65. The van der Waals surface area contributed by atoms with Crippen molar-refractivity contribution in [2.24, 2.45) is 9.98 Å². The maximum absolute atomic E-state index is 6.25. The van der Waals surface area contributed by atoms with Gasteiger partial charge < -0.3 is 28.4 Å². The van der Waals surface area contributed by atoms with Gasteiger partial charge in [0.05, 0.1) is 32.8 Å². The highest BCUT2D eigenvalue weighted by atomic mass is 16.9. The van der Waals surface area contributed by atoms with Gasteiger partial charge in [-0.3, -0.25) is 0 Å². The highest BCUT2D eigenvalue weighted by molar-refractivity contribution is 5.98. The molecule has 2 aromatic carbocycles. The predicted molar refractivity (Wildman–Crippen MR) is 132 cm³/mol. The Balaban J connectivity index is 1.65. The first kappa shape index (κ1) is 25.3. The summed E-state index contributed by atoms with van der Waals surface area (Å²) in [7, 11) is 0. The van der Waals surface area contributed by atoms with E-state index in [-0.39, 0.29) is 6.42 Å². The van der Waals surface area contributed by atoms with Gasteiger partial charge in [0.25, 0.3) is 0 Å². The minimum absolute atomic E-state index is 0.205. The van der Waals surface area contributed by atoms with Crippen LogP contribution in [0.2, 0.25) is 0 Å². The number of rotatable bonds is 12. The van der Waals surface area contributed by atoms with Crippen molar-refractivity contribution < 1.29 is 28.4 Å². The average molecular weight is 483 g/mol. The number of aliphatic imine (C=N–C) groups is 2. The van der Waals surface area contributed by atoms with E-state index >= 15 is 0 Å². The van der Waals surface area contributed by atoms with Crippen LogP contribution in [-0.4, -0.2) is 50.2 Å². The van der Waals surface area contributed by atoms with E-state index in [1.165, 1.54) is 0 Å². The van der Waals surface area contributed by atoms with Crippen molar-refractivity contribution in [1.82, 2.24) is 0 Å². The average Bonchev–Trinajstić information content (AvgIpc) is 3.39. The van der Waals surface area contributed by atoms with E-state index in [1.54, 1.807) is 0 Å². The lowest BCUT2D eigenvalue weighted by Gasteiger charge is -2.32. The second-order valence-corrected chi connectivity index (χ2v) is 7.99. The van der Waals surface area contributed by atoms with Gasteiger partial charge in [0, 0.05) is 0 Å². The molecule has 0 saturated carbocycles. The van der Waals surface area contributed by atoms with Crippen molar-refractivity contribution in [3.05, 3.63) is 71.8 Å². The summed E-state index contributed by atoms with van der Waals surface area (Å²) in [5.74, 6) is -1.88. The van der Waals surface area contributed by atoms with Crippen LogP contribution in [0.25, 0.3) is 0 Å². The van der Waals surface area contributed by atoms with Gasteiger partial charge in [-0.1, -0.05) is 60.7 Å². The maximum Gasteiger partial charge on any atom is 0.356 e. The molecule has 8 heteroatoms. The van der Waals surface area contributed by atoms with E-state index in [0.717, 1.165) is 11.1 Å². The van der Waals surface area contributed by atoms with Crippen LogP contribution in [0.4, 0.5) is 0 Å². The molecule has 0 unspecified atom stereocenters. The van der Waals surface area contributed by atoms with E-state index in [2.05, 4.69) is 0 Å². The molecule has 0 N–H and O–H groups in total. The van der Waals surface area contributed by atoms with Gasteiger partial charge in [-0.25, -0.2) is 9.98 Å². The molecule has 0 amide bonds. The zero-order valence-corrected chi connectivity index (χ0v) is 20.8. The molecule has 0 bridgehead atoms. The Kier molecular flexibility index (Phi) is 8.18. The molecule has 2 atom stereocenters. The van der Waals surface area contributed by atoms with Crippen LogP contribution in [0.1, 0.15) is 57.3 Å². The van der Waals surface area contributed by atoms with E-state index in [0.29, 0.717) is 38.2 Å². The number of benzene rings is 2. The van der Waals surface area contributed by atoms with Crippen molar-refractivity contribution in [2.75, 3.05) is 26.4 Å². The lowest BCUT2D eigenvalue weighted by molar-refractivity contribution is -0.351. The summed E-state index contributed by atoms with van der Waals surface area (Å²) in [4.78, 5) is 9.70. The first-order valence-corrected chi connectivity index (χ1v) is 12.3. The normalized spacial score (nSPS) is 22.3. The van der Waals surface area contributed by atoms with Gasteiger partial charge in [-0.05, 0) is 38.8 Å². The largest absolute Gasteiger partial charge is 0.423 e. The fourth-order valence-electron chi connectivity index (χ4n) is 4.38. The van der Waals surface area contributed by atoms with Crippen molar-refractivity contribution >= 4 is 11.8 Å². The molecule has 2 aliphatic heterocycles. The molecule has 0 fully saturated rings. The Hall–Kier alpha value is -2.78. The van der Waals surface area contributed by atoms with Crippen LogP contribution in [-0.2, 0) is 28.4 Å². The number of hydrogen-bond acceptors (Lipinski definition) is 8. The molecule has 2 aromatic rings. The minimum Gasteiger partial charge on any atom is -0.423 e. The molecule has 188 valence electrons. The maximum atomic E-state index is 6.25. The van der Waals surface area contributed by atoms with Crippen molar-refractivity contribution in [3.63, 3.8) is 0 Å². The highest BCUT2D eigenvalue weighted by Gasteiger charge is 2.53. The zero-order chi connectivity index (χ0) is 24.7. The van der Waals surface area contributed by atoms with Crippen LogP contribution in [0.3, 0.4) is 0 Å². The molecule has 0 aliphatic carbocycles. The Morgan fingerprint density at radius 1 is 0.600 bits per heavy atom. The number of ether oxygens (including phenoxy) is 6. The van der Waals surface area contributed by atoms with Gasteiger partial charge in [0.2, 0.25) is 0 Å². The van der Waals surface area contributed by atoms with Crippen molar-refractivity contribution in [3.8, 4) is 0 Å². The molecular weight excluding hydrogens is 448 g/mol. The minimum atomic E-state index is -1.35. The summed E-state index contributed by atoms with van der Waals surface area (Å²) < 4.78 is 36.6. The topological polar surface area (TPSA) is 80.1 Å². The standard InChI is InChI=1S/C27H34N2O6/c1-5-30-26(31-6-2)24(20-15-11-9-12-16-20)28-22(34-26)19-23-29-25(21-17-13-10-14-18-21)27(35-23,32-7-3)33-8-4/h9-18,24-25H,5-8,19H2,1-4H3/t24-,25-/m1/s1. The number of hydrogen-bond donors (Lipinski definition) is 0. The number of nitrogens with zero attached hydrogens (tertiary/aromatic N) is 2. The van der Waals surface area contributed by atoms with Gasteiger partial charge in [-0.15, -0.1) is 0 Å². The third-order valence-corrected chi connectivity index (χ3v) is 5.65. The van der Waals surface area contributed by atoms with Gasteiger partial charge in [-0.2, -0.15) is 0 Å². The molecule has 0 radical (unpaired) electrons. The summed E-state index contributed by atoms with van der Waals surface area (Å²) >= 11 is 0. The summed E-state index contributed by atoms with van der Waals surface area (Å²) in [6, 6.07) is 18.7. The molecule has 4 rings (SSSR count). The Morgan fingerprint density at radius 2 is 0.943 bits per heavy atom. The Labute approximate surface area is 206 Å². The Bertz CT molecular complexity index is 917. The summed E-state index contributed by atoms with van der Waals surface area (Å²) in [5, 5.41) is 0. The SMILES string of the molecule is CCOC1(OCC)OC(CC2=N[C@H](c3ccccc3)C(OCC)(OCC)O2)=N[C@@H]1c1ccccc1. The second kappa shape index (κ2) is 11.3. The zero-order valence-electron chi connectivity index (χ0n) is 20.8. The molecular formula is C27H34N2O6. The van der Waals surface area contributed by atoms with Crippen LogP contribution < -0.4 is 0 Å². The molecule has 0 saturated heterocycles. The summed E-state index contributed by atoms with van der Waals surface area (Å²) in [6.07, 6.45) is 0.205. The van der Waals surface area contributed by atoms with Gasteiger partial charge in [0.1, 0.15) is 0 Å². The summed E-state index contributed by atoms with van der Waals surface area (Å²) in [6.45, 7) is 9.20. The quantitative estimate of drug-likeness (QED) is 0.388. The molecule has 8 nitrogen and oxygen atoms in total. The first-order valence-electron chi connectivity index (χ1n) is 12.3. The first-order chi connectivity index (χ1) is 17.1. The monoisotopic (exact) mass is 482 g/mol. The van der Waals surface area contributed by atoms with Crippen LogP contribution in [0.15, 0.2) is 70.6 Å². The van der Waals surface area contributed by atoms with E-state index in [4.69, 9.17) is 38.4 Å². The molecule has 2 heterocycles. The van der Waals surface area contributed by atoms with Crippen molar-refractivity contribution in [2.45, 2.75) is 58.1 Å². The second-order valence-electron chi connectivity index (χ2n) is 7.99. The lowest BCUT2D eigenvalue weighted by Crippen LogP contribution is -2.43. The predicted octanol–water partition coefficient (Wildman–Crippen LogP) is 5.17. The summed E-state index contributed by atoms with van der Waals surface area (Å²) in [5.41, 5.74) is 1.86. The van der Waals surface area contributed by atoms with Gasteiger partial charge >= 0.3 is 11.9 Å². The van der Waals surface area contributed by atoms with E-state index < -0.39 is 24.0 Å². The fraction of sp³-hybridized carbons (Fsp3) is 0.481. The van der Waals surface area contributed by atoms with E-state index in [9.17, 15) is 0 Å². The van der Waals surface area contributed by atoms with Gasteiger partial charge in [0.15, 0.2) is 23.9 Å². The molecule has 35 heavy (non-hydrogen) atoms.